The zero-order chi connectivity index (χ0) is 14.1. The summed E-state index contributed by atoms with van der Waals surface area (Å²) in [5.74, 6) is 0.913. The molecule has 4 aromatic rings. The lowest BCUT2D eigenvalue weighted by atomic mass is 10.0. The fourth-order valence-corrected chi connectivity index (χ4v) is 2.59. The van der Waals surface area contributed by atoms with Gasteiger partial charge in [-0.2, -0.15) is 0 Å². The molecule has 0 bridgehead atoms. The topological polar surface area (TPSA) is 13.1 Å². The third kappa shape index (κ3) is 2.23. The summed E-state index contributed by atoms with van der Waals surface area (Å²) in [4.78, 5) is 0. The summed E-state index contributed by atoms with van der Waals surface area (Å²) >= 11 is 0. The summed E-state index contributed by atoms with van der Waals surface area (Å²) in [6, 6.07) is 29.0. The summed E-state index contributed by atoms with van der Waals surface area (Å²) in [5, 5.41) is 1.13. The van der Waals surface area contributed by atoms with Crippen molar-refractivity contribution in [3.63, 3.8) is 0 Å². The van der Waals surface area contributed by atoms with Gasteiger partial charge in [0.15, 0.2) is 0 Å². The van der Waals surface area contributed by atoms with Crippen LogP contribution in [0.3, 0.4) is 0 Å². The minimum atomic E-state index is 0.913. The van der Waals surface area contributed by atoms with Crippen molar-refractivity contribution >= 4 is 11.0 Å². The lowest BCUT2D eigenvalue weighted by Crippen LogP contribution is -1.75. The Hall–Kier alpha value is -2.80. The highest BCUT2D eigenvalue weighted by atomic mass is 16.3. The molecule has 4 rings (SSSR count). The van der Waals surface area contributed by atoms with Crippen LogP contribution in [0.1, 0.15) is 0 Å². The molecule has 0 aliphatic carbocycles. The van der Waals surface area contributed by atoms with Crippen LogP contribution in [-0.4, -0.2) is 0 Å². The van der Waals surface area contributed by atoms with Crippen molar-refractivity contribution in [1.82, 2.24) is 0 Å². The van der Waals surface area contributed by atoms with Gasteiger partial charge in [-0.15, -0.1) is 0 Å². The molecule has 0 radical (unpaired) electrons. The van der Waals surface area contributed by atoms with Crippen molar-refractivity contribution in [1.29, 1.82) is 0 Å². The van der Waals surface area contributed by atoms with Crippen molar-refractivity contribution < 1.29 is 4.42 Å². The summed E-state index contributed by atoms with van der Waals surface area (Å²) in [6.07, 6.45) is 0. The SMILES string of the molecule is c1ccc(-c2ccc3cc(-c4ccccc4)oc3c2)cc1. The first-order valence-corrected chi connectivity index (χ1v) is 7.04. The molecule has 3 aromatic carbocycles. The Labute approximate surface area is 123 Å². The number of hydrogen-bond donors (Lipinski definition) is 0. The summed E-state index contributed by atoms with van der Waals surface area (Å²) in [5.41, 5.74) is 4.42. The maximum Gasteiger partial charge on any atom is 0.135 e. The van der Waals surface area contributed by atoms with Crippen LogP contribution < -0.4 is 0 Å². The van der Waals surface area contributed by atoms with Crippen molar-refractivity contribution in [2.24, 2.45) is 0 Å². The molecule has 100 valence electrons. The van der Waals surface area contributed by atoms with Crippen molar-refractivity contribution in [2.75, 3.05) is 0 Å². The Bertz CT molecular complexity index is 836. The van der Waals surface area contributed by atoms with Crippen LogP contribution in [0.5, 0.6) is 0 Å². The van der Waals surface area contributed by atoms with Crippen molar-refractivity contribution in [3.8, 4) is 22.5 Å². The van der Waals surface area contributed by atoms with E-state index in [2.05, 4.69) is 60.7 Å². The number of fused-ring (bicyclic) bond motifs is 1. The Balaban J connectivity index is 1.82. The van der Waals surface area contributed by atoms with Crippen molar-refractivity contribution in [3.05, 3.63) is 84.9 Å². The van der Waals surface area contributed by atoms with Crippen LogP contribution in [0.25, 0.3) is 33.4 Å². The first kappa shape index (κ1) is 12.0. The third-order valence-electron chi connectivity index (χ3n) is 3.69. The van der Waals surface area contributed by atoms with E-state index in [-0.39, 0.29) is 0 Å². The third-order valence-corrected chi connectivity index (χ3v) is 3.69. The van der Waals surface area contributed by atoms with Crippen LogP contribution in [0.15, 0.2) is 89.3 Å². The molecule has 0 saturated carbocycles. The van der Waals surface area contributed by atoms with Crippen molar-refractivity contribution in [2.45, 2.75) is 0 Å². The maximum atomic E-state index is 6.02. The molecule has 1 nitrogen and oxygen atoms in total. The van der Waals surface area contributed by atoms with Gasteiger partial charge in [0.25, 0.3) is 0 Å². The van der Waals surface area contributed by atoms with Crippen LogP contribution >= 0.6 is 0 Å². The lowest BCUT2D eigenvalue weighted by Gasteiger charge is -2.00. The molecule has 1 heteroatoms. The quantitative estimate of drug-likeness (QED) is 0.451. The summed E-state index contributed by atoms with van der Waals surface area (Å²) in [6.45, 7) is 0. The normalized spacial score (nSPS) is 10.9. The van der Waals surface area contributed by atoms with Gasteiger partial charge in [-0.25, -0.2) is 0 Å². The molecule has 0 atom stereocenters. The monoisotopic (exact) mass is 270 g/mol. The van der Waals surface area contributed by atoms with Gasteiger partial charge in [-0.1, -0.05) is 72.8 Å². The van der Waals surface area contributed by atoms with Crippen LogP contribution in [0.4, 0.5) is 0 Å². The molecule has 0 saturated heterocycles. The average Bonchev–Trinajstić information content (AvgIpc) is 2.99. The highest BCUT2D eigenvalue weighted by Gasteiger charge is 2.07. The predicted molar refractivity (Wildman–Crippen MR) is 87.1 cm³/mol. The van der Waals surface area contributed by atoms with E-state index >= 15 is 0 Å². The van der Waals surface area contributed by atoms with E-state index < -0.39 is 0 Å². The lowest BCUT2D eigenvalue weighted by molar-refractivity contribution is 0.632. The van der Waals surface area contributed by atoms with Gasteiger partial charge < -0.3 is 4.42 Å². The Morgan fingerprint density at radius 1 is 0.524 bits per heavy atom. The van der Waals surface area contributed by atoms with E-state index in [1.807, 2.05) is 24.3 Å². The van der Waals surface area contributed by atoms with E-state index in [1.54, 1.807) is 0 Å². The smallest absolute Gasteiger partial charge is 0.135 e. The van der Waals surface area contributed by atoms with Crippen LogP contribution in [-0.2, 0) is 0 Å². The first-order chi connectivity index (χ1) is 10.4. The second kappa shape index (κ2) is 4.95. The highest BCUT2D eigenvalue weighted by Crippen LogP contribution is 2.30. The summed E-state index contributed by atoms with van der Waals surface area (Å²) < 4.78 is 6.02. The van der Waals surface area contributed by atoms with Crippen LogP contribution in [0, 0.1) is 0 Å². The molecule has 1 heterocycles. The van der Waals surface area contributed by atoms with Gasteiger partial charge in [0, 0.05) is 10.9 Å². The minimum absolute atomic E-state index is 0.913. The molecule has 0 N–H and O–H groups in total. The number of benzene rings is 3. The number of furan rings is 1. The largest absolute Gasteiger partial charge is 0.456 e. The van der Waals surface area contributed by atoms with E-state index in [1.165, 1.54) is 11.1 Å². The Morgan fingerprint density at radius 2 is 1.19 bits per heavy atom. The molecule has 21 heavy (non-hydrogen) atoms. The molecule has 0 aliphatic heterocycles. The van der Waals surface area contributed by atoms with E-state index in [9.17, 15) is 0 Å². The van der Waals surface area contributed by atoms with Gasteiger partial charge in [-0.05, 0) is 23.3 Å². The fourth-order valence-electron chi connectivity index (χ4n) is 2.59. The molecular weight excluding hydrogens is 256 g/mol. The number of rotatable bonds is 2. The number of hydrogen-bond acceptors (Lipinski definition) is 1. The highest BCUT2D eigenvalue weighted by molar-refractivity contribution is 5.86. The predicted octanol–water partition coefficient (Wildman–Crippen LogP) is 5.77. The molecule has 0 amide bonds. The molecule has 0 spiro atoms. The Morgan fingerprint density at radius 3 is 1.90 bits per heavy atom. The van der Waals surface area contributed by atoms with Gasteiger partial charge in [-0.3, -0.25) is 0 Å². The van der Waals surface area contributed by atoms with E-state index in [0.29, 0.717) is 0 Å². The molecule has 0 unspecified atom stereocenters. The minimum Gasteiger partial charge on any atom is -0.456 e. The molecule has 1 aromatic heterocycles. The zero-order valence-electron chi connectivity index (χ0n) is 11.5. The van der Waals surface area contributed by atoms with E-state index in [4.69, 9.17) is 4.42 Å². The van der Waals surface area contributed by atoms with Gasteiger partial charge in [0.2, 0.25) is 0 Å². The second-order valence-electron chi connectivity index (χ2n) is 5.10. The van der Waals surface area contributed by atoms with Gasteiger partial charge >= 0.3 is 0 Å². The fraction of sp³-hybridized carbons (Fsp3) is 0. The molecule has 0 aliphatic rings. The molecular formula is C20H14O. The van der Waals surface area contributed by atoms with Gasteiger partial charge in [0.05, 0.1) is 0 Å². The van der Waals surface area contributed by atoms with E-state index in [0.717, 1.165) is 22.3 Å². The van der Waals surface area contributed by atoms with Crippen LogP contribution in [0.2, 0.25) is 0 Å². The standard InChI is InChI=1S/C20H14O/c1-3-7-15(8-4-1)17-11-12-18-14-19(21-20(18)13-17)16-9-5-2-6-10-16/h1-14H. The average molecular weight is 270 g/mol. The zero-order valence-corrected chi connectivity index (χ0v) is 11.5. The Kier molecular flexibility index (Phi) is 2.82. The first-order valence-electron chi connectivity index (χ1n) is 7.04. The summed E-state index contributed by atoms with van der Waals surface area (Å²) in [7, 11) is 0. The maximum absolute atomic E-state index is 6.02. The van der Waals surface area contributed by atoms with Gasteiger partial charge in [0.1, 0.15) is 11.3 Å². The molecule has 0 fully saturated rings. The second-order valence-corrected chi connectivity index (χ2v) is 5.10.